The molecule has 0 aliphatic carbocycles. The van der Waals surface area contributed by atoms with Gasteiger partial charge >= 0.3 is 48.9 Å². The first-order valence-corrected chi connectivity index (χ1v) is 14.4. The number of unbranched alkanes of at least 4 members (excludes halogenated alkanes) is 12. The fourth-order valence-corrected chi connectivity index (χ4v) is 5.35. The average Bonchev–Trinajstić information content (AvgIpc) is 2.77. The van der Waals surface area contributed by atoms with Crippen molar-refractivity contribution in [2.75, 3.05) is 0 Å². The van der Waals surface area contributed by atoms with Crippen molar-refractivity contribution in [2.45, 2.75) is 121 Å². The molecule has 0 spiro atoms. The molecule has 2 rings (SSSR count). The van der Waals surface area contributed by atoms with E-state index in [1.807, 2.05) is 0 Å². The Morgan fingerprint density at radius 1 is 0.676 bits per heavy atom. The number of hydrogen-bond acceptors (Lipinski definition) is 4. The van der Waals surface area contributed by atoms with E-state index in [2.05, 4.69) is 32.0 Å². The Hall–Kier alpha value is 0.141. The Bertz CT molecular complexity index is 912. The second kappa shape index (κ2) is 19.3. The molecule has 0 aromatic heterocycles. The number of hydrogen-bond donors (Lipinski definition) is 0. The van der Waals surface area contributed by atoms with Crippen LogP contribution in [0.4, 0.5) is 0 Å². The molecule has 0 saturated heterocycles. The fraction of sp³-hybridized carbons (Fsp3) is 0.643. The van der Waals surface area contributed by atoms with E-state index >= 15 is 0 Å². The molecule has 0 unspecified atom stereocenters. The van der Waals surface area contributed by atoms with E-state index in [1.54, 1.807) is 6.07 Å². The van der Waals surface area contributed by atoms with Crippen LogP contribution in [0.3, 0.4) is 0 Å². The summed E-state index contributed by atoms with van der Waals surface area (Å²) in [5.74, 6) is 0. The van der Waals surface area contributed by atoms with Gasteiger partial charge in [-0.1, -0.05) is 115 Å². The number of fused-ring (bicyclic) bond motifs is 1. The van der Waals surface area contributed by atoms with Crippen LogP contribution in [0, 0.1) is 0 Å². The molecule has 0 fully saturated rings. The molecule has 6 heteroatoms. The predicted octanol–water partition coefficient (Wildman–Crippen LogP) is 7.77. The SMILES string of the molecule is CCCCCCCCCc1ccc2ccc(S(=O)(=O)[O-])c(CCCCCCCCC)c2c1.[Ba+2].[OH-]. The van der Waals surface area contributed by atoms with E-state index in [4.69, 9.17) is 0 Å². The zero-order chi connectivity index (χ0) is 23.2. The van der Waals surface area contributed by atoms with E-state index in [0.29, 0.717) is 6.42 Å². The summed E-state index contributed by atoms with van der Waals surface area (Å²) >= 11 is 0. The van der Waals surface area contributed by atoms with Gasteiger partial charge in [-0.05, 0) is 53.6 Å². The minimum absolute atomic E-state index is 0. The molecule has 0 bridgehead atoms. The minimum Gasteiger partial charge on any atom is -0.870 e. The molecule has 0 aliphatic heterocycles. The van der Waals surface area contributed by atoms with Crippen molar-refractivity contribution in [3.8, 4) is 0 Å². The molecule has 2 aromatic rings. The summed E-state index contributed by atoms with van der Waals surface area (Å²) in [4.78, 5) is -0.0240. The third-order valence-electron chi connectivity index (χ3n) is 6.52. The molecule has 0 heterocycles. The van der Waals surface area contributed by atoms with Gasteiger partial charge in [0, 0.05) is 0 Å². The molecular weight excluding hydrogens is 570 g/mol. The van der Waals surface area contributed by atoms with E-state index < -0.39 is 10.1 Å². The van der Waals surface area contributed by atoms with Crippen molar-refractivity contribution in [1.82, 2.24) is 0 Å². The van der Waals surface area contributed by atoms with Gasteiger partial charge in [-0.25, -0.2) is 8.42 Å². The summed E-state index contributed by atoms with van der Waals surface area (Å²) in [6.45, 7) is 4.46. The monoisotopic (exact) mass is 614 g/mol. The van der Waals surface area contributed by atoms with Crippen LogP contribution >= 0.6 is 0 Å². The third kappa shape index (κ3) is 12.4. The van der Waals surface area contributed by atoms with Crippen LogP contribution in [0.15, 0.2) is 35.2 Å². The van der Waals surface area contributed by atoms with Crippen LogP contribution in [0.5, 0.6) is 0 Å². The van der Waals surface area contributed by atoms with Gasteiger partial charge < -0.3 is 10.0 Å². The second-order valence-electron chi connectivity index (χ2n) is 9.29. The maximum absolute atomic E-state index is 12.0. The van der Waals surface area contributed by atoms with Gasteiger partial charge in [0.1, 0.15) is 10.1 Å². The minimum atomic E-state index is -4.47. The first-order valence-electron chi connectivity index (χ1n) is 13.0. The summed E-state index contributed by atoms with van der Waals surface area (Å²) in [5, 5.41) is 1.98. The second-order valence-corrected chi connectivity index (χ2v) is 10.6. The number of rotatable bonds is 17. The summed E-state index contributed by atoms with van der Waals surface area (Å²) in [7, 11) is -4.47. The summed E-state index contributed by atoms with van der Waals surface area (Å²) in [6, 6.07) is 9.67. The van der Waals surface area contributed by atoms with Crippen LogP contribution in [0.1, 0.15) is 115 Å². The van der Waals surface area contributed by atoms with Crippen LogP contribution in [0.25, 0.3) is 10.8 Å². The summed E-state index contributed by atoms with van der Waals surface area (Å²) in [5.41, 5.74) is 1.97. The molecular formula is C28H44BaO4S. The first-order chi connectivity index (χ1) is 15.5. The van der Waals surface area contributed by atoms with Crippen LogP contribution < -0.4 is 0 Å². The zero-order valence-electron chi connectivity index (χ0n) is 21.5. The standard InChI is InChI=1S/C28H44O3S.Ba.H2O/c1-3-5-7-9-11-13-15-17-24-19-20-25-21-22-28(32(29,30)31)26(27(25)23-24)18-16-14-12-10-8-6-4-2;;/h19-23H,3-18H2,1-2H3,(H,29,30,31);;1H2/q;+2;/p-2. The van der Waals surface area contributed by atoms with Crippen LogP contribution in [0.2, 0.25) is 0 Å². The molecule has 2 aromatic carbocycles. The first kappa shape index (κ1) is 34.1. The number of aryl methyl sites for hydroxylation is 2. The summed E-state index contributed by atoms with van der Waals surface area (Å²) in [6.07, 6.45) is 18.8. The smallest absolute Gasteiger partial charge is 0.870 e. The van der Waals surface area contributed by atoms with Crippen LogP contribution in [-0.2, 0) is 23.0 Å². The third-order valence-corrected chi connectivity index (χ3v) is 7.44. The number of benzene rings is 2. The maximum atomic E-state index is 12.0. The van der Waals surface area contributed by atoms with Gasteiger partial charge in [-0.15, -0.1) is 0 Å². The van der Waals surface area contributed by atoms with Crippen molar-refractivity contribution in [3.63, 3.8) is 0 Å². The van der Waals surface area contributed by atoms with Crippen molar-refractivity contribution >= 4 is 69.8 Å². The quantitative estimate of drug-likeness (QED) is 0.104. The molecule has 1 N–H and O–H groups in total. The van der Waals surface area contributed by atoms with Gasteiger partial charge in [-0.3, -0.25) is 0 Å². The van der Waals surface area contributed by atoms with Crippen molar-refractivity contribution in [2.24, 2.45) is 0 Å². The van der Waals surface area contributed by atoms with E-state index in [-0.39, 0.29) is 59.3 Å². The van der Waals surface area contributed by atoms with Gasteiger partial charge in [0.15, 0.2) is 0 Å². The molecule has 4 nitrogen and oxygen atoms in total. The Kier molecular flexibility index (Phi) is 19.4. The molecule has 188 valence electrons. The average molecular weight is 614 g/mol. The Labute approximate surface area is 248 Å². The predicted molar refractivity (Wildman–Crippen MR) is 143 cm³/mol. The molecule has 0 aliphatic rings. The summed E-state index contributed by atoms with van der Waals surface area (Å²) < 4.78 is 35.9. The fourth-order valence-electron chi connectivity index (χ4n) is 4.60. The maximum Gasteiger partial charge on any atom is 2.00 e. The van der Waals surface area contributed by atoms with Crippen LogP contribution in [-0.4, -0.2) is 67.3 Å². The Morgan fingerprint density at radius 3 is 1.68 bits per heavy atom. The molecule has 0 radical (unpaired) electrons. The Morgan fingerprint density at radius 2 is 1.15 bits per heavy atom. The van der Waals surface area contributed by atoms with Crippen molar-refractivity contribution < 1.29 is 18.4 Å². The Balaban J connectivity index is 0.00000544. The molecule has 0 saturated carbocycles. The topological polar surface area (TPSA) is 87.2 Å². The molecule has 34 heavy (non-hydrogen) atoms. The van der Waals surface area contributed by atoms with E-state index in [9.17, 15) is 13.0 Å². The van der Waals surface area contributed by atoms with E-state index in [1.165, 1.54) is 82.3 Å². The van der Waals surface area contributed by atoms with E-state index in [0.717, 1.165) is 42.0 Å². The van der Waals surface area contributed by atoms with Gasteiger partial charge in [-0.2, -0.15) is 0 Å². The zero-order valence-corrected chi connectivity index (χ0v) is 26.7. The van der Waals surface area contributed by atoms with Gasteiger partial charge in [0.25, 0.3) is 0 Å². The van der Waals surface area contributed by atoms with Crippen molar-refractivity contribution in [1.29, 1.82) is 0 Å². The normalized spacial score (nSPS) is 11.3. The largest absolute Gasteiger partial charge is 2.00 e. The van der Waals surface area contributed by atoms with Crippen molar-refractivity contribution in [3.05, 3.63) is 41.5 Å². The van der Waals surface area contributed by atoms with Gasteiger partial charge in [0.05, 0.1) is 4.90 Å². The molecule has 0 amide bonds. The van der Waals surface area contributed by atoms with Gasteiger partial charge in [0.2, 0.25) is 0 Å². The molecule has 0 atom stereocenters.